The van der Waals surface area contributed by atoms with Gasteiger partial charge in [-0.05, 0) is 18.1 Å². The molecule has 4 nitrogen and oxygen atoms in total. The van der Waals surface area contributed by atoms with Gasteiger partial charge in [0.05, 0.1) is 0 Å². The Balaban J connectivity index is 2.87. The predicted octanol–water partition coefficient (Wildman–Crippen LogP) is 1.69. The third-order valence-electron chi connectivity index (χ3n) is 2.20. The van der Waals surface area contributed by atoms with E-state index in [9.17, 15) is 9.59 Å². The quantitative estimate of drug-likeness (QED) is 0.777. The van der Waals surface area contributed by atoms with Crippen molar-refractivity contribution >= 4 is 17.9 Å². The molecule has 0 aliphatic heterocycles. The molecule has 18 heavy (non-hydrogen) atoms. The van der Waals surface area contributed by atoms with Crippen LogP contribution < -0.4 is 10.6 Å². The Morgan fingerprint density at radius 1 is 1.22 bits per heavy atom. The van der Waals surface area contributed by atoms with Crippen LogP contribution in [0.1, 0.15) is 25.8 Å². The fourth-order valence-electron chi connectivity index (χ4n) is 1.40. The van der Waals surface area contributed by atoms with E-state index in [4.69, 9.17) is 0 Å². The SMILES string of the molecule is CCCNC(=O)C(=Cc1ccccc1)NC(C)=O. The Kier molecular flexibility index (Phi) is 5.64. The summed E-state index contributed by atoms with van der Waals surface area (Å²) in [5, 5.41) is 5.28. The maximum Gasteiger partial charge on any atom is 0.267 e. The fraction of sp³-hybridized carbons (Fsp3) is 0.286. The summed E-state index contributed by atoms with van der Waals surface area (Å²) in [5.74, 6) is -0.528. The minimum absolute atomic E-state index is 0.260. The Morgan fingerprint density at radius 3 is 2.44 bits per heavy atom. The smallest absolute Gasteiger partial charge is 0.267 e. The third-order valence-corrected chi connectivity index (χ3v) is 2.20. The van der Waals surface area contributed by atoms with Crippen molar-refractivity contribution in [2.45, 2.75) is 20.3 Å². The van der Waals surface area contributed by atoms with Crippen LogP contribution in [-0.2, 0) is 9.59 Å². The van der Waals surface area contributed by atoms with Crippen molar-refractivity contribution in [1.29, 1.82) is 0 Å². The summed E-state index contributed by atoms with van der Waals surface area (Å²) in [7, 11) is 0. The lowest BCUT2D eigenvalue weighted by Gasteiger charge is -2.08. The average Bonchev–Trinajstić information content (AvgIpc) is 2.36. The Bertz CT molecular complexity index is 438. The summed E-state index contributed by atoms with van der Waals surface area (Å²) < 4.78 is 0. The maximum absolute atomic E-state index is 11.8. The molecule has 4 heteroatoms. The van der Waals surface area contributed by atoms with Gasteiger partial charge >= 0.3 is 0 Å². The molecule has 0 aromatic heterocycles. The van der Waals surface area contributed by atoms with Gasteiger partial charge in [-0.1, -0.05) is 37.3 Å². The first-order chi connectivity index (χ1) is 8.63. The second-order valence-electron chi connectivity index (χ2n) is 3.91. The van der Waals surface area contributed by atoms with Crippen molar-refractivity contribution in [1.82, 2.24) is 10.6 Å². The topological polar surface area (TPSA) is 58.2 Å². The fourth-order valence-corrected chi connectivity index (χ4v) is 1.40. The van der Waals surface area contributed by atoms with Crippen LogP contribution in [-0.4, -0.2) is 18.4 Å². The van der Waals surface area contributed by atoms with Gasteiger partial charge in [0.25, 0.3) is 5.91 Å². The summed E-state index contributed by atoms with van der Waals surface area (Å²) >= 11 is 0. The molecular formula is C14H18N2O2. The molecule has 1 aromatic rings. The lowest BCUT2D eigenvalue weighted by Crippen LogP contribution is -2.34. The van der Waals surface area contributed by atoms with Crippen LogP contribution in [0.3, 0.4) is 0 Å². The van der Waals surface area contributed by atoms with Gasteiger partial charge in [-0.25, -0.2) is 0 Å². The number of rotatable bonds is 5. The molecule has 0 saturated heterocycles. The van der Waals surface area contributed by atoms with E-state index in [-0.39, 0.29) is 17.5 Å². The lowest BCUT2D eigenvalue weighted by atomic mass is 10.2. The molecule has 1 aromatic carbocycles. The van der Waals surface area contributed by atoms with Gasteiger partial charge in [0.1, 0.15) is 5.70 Å². The molecule has 0 bridgehead atoms. The van der Waals surface area contributed by atoms with Crippen molar-refractivity contribution < 1.29 is 9.59 Å². The van der Waals surface area contributed by atoms with Crippen LogP contribution in [0.5, 0.6) is 0 Å². The summed E-state index contributed by atoms with van der Waals surface area (Å²) in [6, 6.07) is 9.39. The number of amides is 2. The van der Waals surface area contributed by atoms with Crippen molar-refractivity contribution in [2.75, 3.05) is 6.54 Å². The number of nitrogens with one attached hydrogen (secondary N) is 2. The van der Waals surface area contributed by atoms with Gasteiger partial charge in [-0.15, -0.1) is 0 Å². The van der Waals surface area contributed by atoms with Crippen molar-refractivity contribution in [3.63, 3.8) is 0 Å². The Hall–Kier alpha value is -2.10. The molecule has 0 spiro atoms. The standard InChI is InChI=1S/C14H18N2O2/c1-3-9-15-14(18)13(16-11(2)17)10-12-7-5-4-6-8-12/h4-8,10H,3,9H2,1-2H3,(H,15,18)(H,16,17). The molecule has 0 heterocycles. The molecule has 0 unspecified atom stereocenters. The molecule has 1 rings (SSSR count). The average molecular weight is 246 g/mol. The van der Waals surface area contributed by atoms with Crippen LogP contribution in [0.2, 0.25) is 0 Å². The third kappa shape index (κ3) is 4.82. The van der Waals surface area contributed by atoms with E-state index in [1.54, 1.807) is 6.08 Å². The van der Waals surface area contributed by atoms with Crippen LogP contribution in [0.15, 0.2) is 36.0 Å². The van der Waals surface area contributed by atoms with Crippen molar-refractivity contribution in [3.8, 4) is 0 Å². The van der Waals surface area contributed by atoms with E-state index in [1.807, 2.05) is 37.3 Å². The molecule has 2 N–H and O–H groups in total. The summed E-state index contributed by atoms with van der Waals surface area (Å²) in [6.45, 7) is 3.94. The molecule has 0 fully saturated rings. The number of hydrogen-bond donors (Lipinski definition) is 2. The highest BCUT2D eigenvalue weighted by Gasteiger charge is 2.09. The summed E-state index contributed by atoms with van der Waals surface area (Å²) in [4.78, 5) is 22.9. The monoisotopic (exact) mass is 246 g/mol. The highest BCUT2D eigenvalue weighted by atomic mass is 16.2. The van der Waals surface area contributed by atoms with Gasteiger partial charge in [-0.3, -0.25) is 9.59 Å². The van der Waals surface area contributed by atoms with E-state index in [2.05, 4.69) is 10.6 Å². The molecule has 0 aliphatic carbocycles. The number of carbonyl (C=O) groups excluding carboxylic acids is 2. The summed E-state index contributed by atoms with van der Waals surface area (Å²) in [6.07, 6.45) is 2.51. The van der Waals surface area contributed by atoms with Crippen LogP contribution >= 0.6 is 0 Å². The molecule has 0 radical (unpaired) electrons. The largest absolute Gasteiger partial charge is 0.351 e. The van der Waals surface area contributed by atoms with Gasteiger partial charge in [-0.2, -0.15) is 0 Å². The van der Waals surface area contributed by atoms with Gasteiger partial charge in [0, 0.05) is 13.5 Å². The second kappa shape index (κ2) is 7.27. The predicted molar refractivity (Wildman–Crippen MR) is 71.5 cm³/mol. The van der Waals surface area contributed by atoms with Crippen LogP contribution in [0, 0.1) is 0 Å². The van der Waals surface area contributed by atoms with E-state index in [0.29, 0.717) is 6.54 Å². The number of hydrogen-bond acceptors (Lipinski definition) is 2. The van der Waals surface area contributed by atoms with Crippen LogP contribution in [0.25, 0.3) is 6.08 Å². The van der Waals surface area contributed by atoms with E-state index in [0.717, 1.165) is 12.0 Å². The summed E-state index contributed by atoms with van der Waals surface area (Å²) in [5.41, 5.74) is 1.13. The lowest BCUT2D eigenvalue weighted by molar-refractivity contribution is -0.122. The maximum atomic E-state index is 11.8. The van der Waals surface area contributed by atoms with E-state index >= 15 is 0 Å². The second-order valence-corrected chi connectivity index (χ2v) is 3.91. The first kappa shape index (κ1) is 14.0. The van der Waals surface area contributed by atoms with Gasteiger partial charge in [0.2, 0.25) is 5.91 Å². The zero-order chi connectivity index (χ0) is 13.4. The highest BCUT2D eigenvalue weighted by molar-refractivity contribution is 6.00. The zero-order valence-corrected chi connectivity index (χ0v) is 10.7. The molecule has 0 atom stereocenters. The number of benzene rings is 1. The first-order valence-corrected chi connectivity index (χ1v) is 5.96. The van der Waals surface area contributed by atoms with E-state index in [1.165, 1.54) is 6.92 Å². The molecular weight excluding hydrogens is 228 g/mol. The van der Waals surface area contributed by atoms with Crippen molar-refractivity contribution in [3.05, 3.63) is 41.6 Å². The minimum atomic E-state index is -0.268. The molecule has 96 valence electrons. The normalized spacial score (nSPS) is 10.9. The molecule has 0 aliphatic rings. The first-order valence-electron chi connectivity index (χ1n) is 5.96. The number of carbonyl (C=O) groups is 2. The van der Waals surface area contributed by atoms with Crippen LogP contribution in [0.4, 0.5) is 0 Å². The molecule has 2 amide bonds. The molecule has 0 saturated carbocycles. The van der Waals surface area contributed by atoms with Crippen molar-refractivity contribution in [2.24, 2.45) is 0 Å². The zero-order valence-electron chi connectivity index (χ0n) is 10.7. The van der Waals surface area contributed by atoms with Gasteiger partial charge < -0.3 is 10.6 Å². The van der Waals surface area contributed by atoms with Gasteiger partial charge in [0.15, 0.2) is 0 Å². The Labute approximate surface area is 107 Å². The highest BCUT2D eigenvalue weighted by Crippen LogP contribution is 2.05. The van der Waals surface area contributed by atoms with E-state index < -0.39 is 0 Å². The Morgan fingerprint density at radius 2 is 1.89 bits per heavy atom. The minimum Gasteiger partial charge on any atom is -0.351 e.